The van der Waals surface area contributed by atoms with Crippen molar-refractivity contribution in [2.24, 2.45) is 0 Å². The van der Waals surface area contributed by atoms with Gasteiger partial charge in [0, 0.05) is 22.2 Å². The first kappa shape index (κ1) is 11.4. The van der Waals surface area contributed by atoms with Crippen LogP contribution in [0.3, 0.4) is 0 Å². The molecule has 3 rings (SSSR count). The Balaban J connectivity index is 2.13. The Morgan fingerprint density at radius 1 is 1.26 bits per heavy atom. The van der Waals surface area contributed by atoms with Crippen LogP contribution in [0.25, 0.3) is 22.2 Å². The first-order chi connectivity index (χ1) is 9.31. The lowest BCUT2D eigenvalue weighted by Gasteiger charge is -2.04. The minimum absolute atomic E-state index is 0.538. The molecule has 0 saturated carbocycles. The van der Waals surface area contributed by atoms with Crippen LogP contribution in [-0.2, 0) is 0 Å². The highest BCUT2D eigenvalue weighted by atomic mass is 16.5. The first-order valence-electron chi connectivity index (χ1n) is 5.89. The van der Waals surface area contributed by atoms with Crippen LogP contribution in [0.5, 0.6) is 5.75 Å². The monoisotopic (exact) mass is 247 g/mol. The van der Waals surface area contributed by atoms with Crippen LogP contribution in [-0.4, -0.2) is 12.1 Å². The molecule has 0 atom stereocenters. The summed E-state index contributed by atoms with van der Waals surface area (Å²) in [5.41, 5.74) is 3.59. The molecule has 0 aliphatic heterocycles. The fraction of sp³-hybridized carbons (Fsp3) is 0.0625. The van der Waals surface area contributed by atoms with E-state index in [1.165, 1.54) is 0 Å². The number of aromatic amines is 1. The van der Waals surface area contributed by atoms with Crippen molar-refractivity contribution in [3.63, 3.8) is 0 Å². The van der Waals surface area contributed by atoms with Crippen molar-refractivity contribution in [3.8, 4) is 23.1 Å². The van der Waals surface area contributed by atoms with E-state index in [2.05, 4.69) is 23.2 Å². The van der Waals surface area contributed by atoms with Gasteiger partial charge in [-0.1, -0.05) is 12.1 Å². The zero-order valence-corrected chi connectivity index (χ0v) is 10.4. The Morgan fingerprint density at radius 3 is 2.89 bits per heavy atom. The molecule has 0 bridgehead atoms. The van der Waals surface area contributed by atoms with Gasteiger partial charge in [0.2, 0.25) is 0 Å². The van der Waals surface area contributed by atoms with Crippen molar-refractivity contribution < 1.29 is 4.74 Å². The molecule has 0 aliphatic carbocycles. The van der Waals surface area contributed by atoms with Crippen molar-refractivity contribution in [1.29, 1.82) is 5.26 Å². The highest BCUT2D eigenvalue weighted by Crippen LogP contribution is 2.28. The Hall–Kier alpha value is -2.73. The van der Waals surface area contributed by atoms with E-state index in [1.54, 1.807) is 13.2 Å². The molecule has 0 saturated heterocycles. The van der Waals surface area contributed by atoms with Gasteiger partial charge in [-0.25, -0.2) is 0 Å². The lowest BCUT2D eigenvalue weighted by atomic mass is 10.1. The van der Waals surface area contributed by atoms with E-state index in [-0.39, 0.29) is 0 Å². The van der Waals surface area contributed by atoms with Crippen LogP contribution in [0.15, 0.2) is 42.5 Å². The van der Waals surface area contributed by atoms with E-state index >= 15 is 0 Å². The minimum Gasteiger partial charge on any atom is -0.495 e. The van der Waals surface area contributed by atoms with E-state index in [0.717, 1.165) is 22.2 Å². The SMILES string of the molecule is COc1cc(-c2cc3c[c]ccc3[nH]2)ccc1C#N. The summed E-state index contributed by atoms with van der Waals surface area (Å²) in [5, 5.41) is 10.1. The van der Waals surface area contributed by atoms with E-state index in [4.69, 9.17) is 10.00 Å². The molecule has 3 aromatic rings. The highest BCUT2D eigenvalue weighted by molar-refractivity contribution is 5.86. The van der Waals surface area contributed by atoms with Gasteiger partial charge in [-0.3, -0.25) is 0 Å². The molecule has 0 aliphatic rings. The molecular formula is C16H11N2O. The Morgan fingerprint density at radius 2 is 2.16 bits per heavy atom. The average Bonchev–Trinajstić information content (AvgIpc) is 2.90. The van der Waals surface area contributed by atoms with Gasteiger partial charge in [-0.15, -0.1) is 0 Å². The number of nitrogens with one attached hydrogen (secondary N) is 1. The van der Waals surface area contributed by atoms with Crippen LogP contribution in [0.1, 0.15) is 5.56 Å². The topological polar surface area (TPSA) is 48.8 Å². The van der Waals surface area contributed by atoms with Crippen molar-refractivity contribution in [2.75, 3.05) is 7.11 Å². The average molecular weight is 247 g/mol. The molecule has 19 heavy (non-hydrogen) atoms. The lowest BCUT2D eigenvalue weighted by molar-refractivity contribution is 0.413. The Kier molecular flexibility index (Phi) is 2.70. The number of rotatable bonds is 2. The number of nitrogens with zero attached hydrogens (tertiary/aromatic N) is 1. The number of benzene rings is 2. The molecule has 0 fully saturated rings. The molecular weight excluding hydrogens is 236 g/mol. The molecule has 3 nitrogen and oxygen atoms in total. The number of methoxy groups -OCH3 is 1. The predicted octanol–water partition coefficient (Wildman–Crippen LogP) is 3.52. The largest absolute Gasteiger partial charge is 0.495 e. The normalized spacial score (nSPS) is 10.3. The maximum Gasteiger partial charge on any atom is 0.137 e. The standard InChI is InChI=1S/C16H11N2O/c1-19-16-9-12(6-7-13(16)10-17)15-8-11-4-2-3-5-14(11)18-15/h3-9,18H,1H3. The van der Waals surface area contributed by atoms with E-state index in [9.17, 15) is 0 Å². The second kappa shape index (κ2) is 4.51. The van der Waals surface area contributed by atoms with Gasteiger partial charge in [-0.05, 0) is 36.4 Å². The fourth-order valence-corrected chi connectivity index (χ4v) is 2.12. The van der Waals surface area contributed by atoms with Crippen molar-refractivity contribution >= 4 is 10.9 Å². The molecule has 1 aromatic heterocycles. The van der Waals surface area contributed by atoms with Gasteiger partial charge in [0.05, 0.1) is 12.7 Å². The molecule has 0 unspecified atom stereocenters. The number of fused-ring (bicyclic) bond motifs is 1. The number of hydrogen-bond donors (Lipinski definition) is 1. The Labute approximate surface area is 111 Å². The molecule has 0 spiro atoms. The van der Waals surface area contributed by atoms with Crippen LogP contribution in [0, 0.1) is 17.4 Å². The fourth-order valence-electron chi connectivity index (χ4n) is 2.12. The molecule has 1 heterocycles. The summed E-state index contributed by atoms with van der Waals surface area (Å²) in [5.74, 6) is 0.588. The van der Waals surface area contributed by atoms with Crippen LogP contribution < -0.4 is 4.74 Å². The van der Waals surface area contributed by atoms with Gasteiger partial charge in [0.25, 0.3) is 0 Å². The quantitative estimate of drug-likeness (QED) is 0.753. The van der Waals surface area contributed by atoms with Crippen LogP contribution >= 0.6 is 0 Å². The number of aromatic nitrogens is 1. The summed E-state index contributed by atoms with van der Waals surface area (Å²) >= 11 is 0. The number of ether oxygens (including phenoxy) is 1. The first-order valence-corrected chi connectivity index (χ1v) is 5.89. The van der Waals surface area contributed by atoms with Crippen molar-refractivity contribution in [1.82, 2.24) is 4.98 Å². The van der Waals surface area contributed by atoms with E-state index in [0.29, 0.717) is 11.3 Å². The lowest BCUT2D eigenvalue weighted by Crippen LogP contribution is -1.88. The Bertz CT molecular complexity index is 748. The number of nitriles is 1. The third-order valence-electron chi connectivity index (χ3n) is 3.10. The highest BCUT2D eigenvalue weighted by Gasteiger charge is 2.07. The second-order valence-corrected chi connectivity index (χ2v) is 4.22. The van der Waals surface area contributed by atoms with Crippen molar-refractivity contribution in [2.45, 2.75) is 0 Å². The molecule has 91 valence electrons. The van der Waals surface area contributed by atoms with E-state index in [1.807, 2.05) is 30.3 Å². The zero-order chi connectivity index (χ0) is 13.2. The molecule has 1 N–H and O–H groups in total. The number of H-pyrrole nitrogens is 1. The second-order valence-electron chi connectivity index (χ2n) is 4.22. The predicted molar refractivity (Wildman–Crippen MR) is 73.8 cm³/mol. The number of hydrogen-bond acceptors (Lipinski definition) is 2. The van der Waals surface area contributed by atoms with Gasteiger partial charge in [0.1, 0.15) is 11.8 Å². The van der Waals surface area contributed by atoms with Crippen LogP contribution in [0.4, 0.5) is 0 Å². The minimum atomic E-state index is 0.538. The maximum atomic E-state index is 8.98. The van der Waals surface area contributed by atoms with Crippen molar-refractivity contribution in [3.05, 3.63) is 54.1 Å². The van der Waals surface area contributed by atoms with E-state index < -0.39 is 0 Å². The van der Waals surface area contributed by atoms with Gasteiger partial charge >= 0.3 is 0 Å². The summed E-state index contributed by atoms with van der Waals surface area (Å²) in [4.78, 5) is 3.34. The smallest absolute Gasteiger partial charge is 0.137 e. The molecule has 0 amide bonds. The molecule has 1 radical (unpaired) electrons. The van der Waals surface area contributed by atoms with Gasteiger partial charge in [0.15, 0.2) is 0 Å². The maximum absolute atomic E-state index is 8.98. The zero-order valence-electron chi connectivity index (χ0n) is 10.4. The van der Waals surface area contributed by atoms with Crippen LogP contribution in [0.2, 0.25) is 0 Å². The third kappa shape index (κ3) is 1.94. The van der Waals surface area contributed by atoms with Gasteiger partial charge in [-0.2, -0.15) is 5.26 Å². The summed E-state index contributed by atoms with van der Waals surface area (Å²) in [6.07, 6.45) is 0. The third-order valence-corrected chi connectivity index (χ3v) is 3.10. The summed E-state index contributed by atoms with van der Waals surface area (Å²) in [6, 6.07) is 18.6. The molecule has 2 aromatic carbocycles. The molecule has 3 heteroatoms. The summed E-state index contributed by atoms with van der Waals surface area (Å²) in [7, 11) is 1.57. The summed E-state index contributed by atoms with van der Waals surface area (Å²) in [6.45, 7) is 0. The van der Waals surface area contributed by atoms with Gasteiger partial charge < -0.3 is 9.72 Å². The summed E-state index contributed by atoms with van der Waals surface area (Å²) < 4.78 is 5.23.